The van der Waals surface area contributed by atoms with Crippen molar-refractivity contribution in [3.63, 3.8) is 0 Å². The zero-order valence-corrected chi connectivity index (χ0v) is 8.70. The van der Waals surface area contributed by atoms with Gasteiger partial charge in [-0.15, -0.1) is 0 Å². The smallest absolute Gasteiger partial charge is 0.115 e. The zero-order valence-electron chi connectivity index (χ0n) is 8.70. The van der Waals surface area contributed by atoms with Crippen molar-refractivity contribution in [1.29, 1.82) is 0 Å². The van der Waals surface area contributed by atoms with E-state index in [1.165, 1.54) is 6.33 Å². The van der Waals surface area contributed by atoms with Gasteiger partial charge in [0.15, 0.2) is 0 Å². The van der Waals surface area contributed by atoms with Crippen LogP contribution < -0.4 is 5.32 Å². The molecule has 2 N–H and O–H groups in total. The van der Waals surface area contributed by atoms with E-state index in [1.807, 2.05) is 19.9 Å². The Morgan fingerprint density at radius 1 is 1.57 bits per heavy atom. The van der Waals surface area contributed by atoms with Gasteiger partial charge >= 0.3 is 0 Å². The van der Waals surface area contributed by atoms with Gasteiger partial charge in [0, 0.05) is 19.3 Å². The lowest BCUT2D eigenvalue weighted by Gasteiger charge is -2.21. The fourth-order valence-corrected chi connectivity index (χ4v) is 1.01. The zero-order chi connectivity index (χ0) is 10.4. The summed E-state index contributed by atoms with van der Waals surface area (Å²) >= 11 is 0. The minimum atomic E-state index is -0.632. The van der Waals surface area contributed by atoms with Crippen molar-refractivity contribution in [3.05, 3.63) is 24.3 Å². The molecule has 4 heteroatoms. The van der Waals surface area contributed by atoms with Crippen molar-refractivity contribution in [1.82, 2.24) is 15.3 Å². The van der Waals surface area contributed by atoms with Crippen LogP contribution in [0, 0.1) is 0 Å². The number of hydrogen-bond acceptors (Lipinski definition) is 4. The monoisotopic (exact) mass is 195 g/mol. The standard InChI is InChI=1S/C10H17N3O/c1-3-10(2,14)7-12-6-9-4-5-11-8-13-9/h4-5,8,12,14H,3,6-7H2,1-2H3. The molecule has 4 nitrogen and oxygen atoms in total. The molecule has 0 spiro atoms. The Balaban J connectivity index is 2.29. The lowest BCUT2D eigenvalue weighted by Crippen LogP contribution is -2.36. The number of hydrogen-bond donors (Lipinski definition) is 2. The summed E-state index contributed by atoms with van der Waals surface area (Å²) in [5.74, 6) is 0. The van der Waals surface area contributed by atoms with E-state index in [-0.39, 0.29) is 0 Å². The van der Waals surface area contributed by atoms with Crippen LogP contribution in [0.25, 0.3) is 0 Å². The second kappa shape index (κ2) is 5.02. The molecule has 0 saturated heterocycles. The van der Waals surface area contributed by atoms with Gasteiger partial charge in [-0.3, -0.25) is 0 Å². The number of nitrogens with one attached hydrogen (secondary N) is 1. The van der Waals surface area contributed by atoms with Gasteiger partial charge in [-0.1, -0.05) is 6.92 Å². The molecule has 14 heavy (non-hydrogen) atoms. The fourth-order valence-electron chi connectivity index (χ4n) is 1.01. The number of nitrogens with zero attached hydrogens (tertiary/aromatic N) is 2. The molecule has 1 heterocycles. The SMILES string of the molecule is CCC(C)(O)CNCc1ccncn1. The molecule has 0 saturated carbocycles. The topological polar surface area (TPSA) is 58.0 Å². The van der Waals surface area contributed by atoms with E-state index < -0.39 is 5.60 Å². The molecule has 0 aromatic carbocycles. The van der Waals surface area contributed by atoms with E-state index in [0.29, 0.717) is 13.1 Å². The quantitative estimate of drug-likeness (QED) is 0.727. The van der Waals surface area contributed by atoms with Crippen LogP contribution in [0.2, 0.25) is 0 Å². The van der Waals surface area contributed by atoms with E-state index in [2.05, 4.69) is 15.3 Å². The molecule has 0 bridgehead atoms. The number of aliphatic hydroxyl groups is 1. The molecule has 1 unspecified atom stereocenters. The lowest BCUT2D eigenvalue weighted by atomic mass is 10.0. The number of rotatable bonds is 5. The Bertz CT molecular complexity index is 261. The minimum Gasteiger partial charge on any atom is -0.389 e. The van der Waals surface area contributed by atoms with Crippen molar-refractivity contribution >= 4 is 0 Å². The van der Waals surface area contributed by atoms with Gasteiger partial charge in [0.1, 0.15) is 6.33 Å². The Hall–Kier alpha value is -1.00. The fraction of sp³-hybridized carbons (Fsp3) is 0.600. The van der Waals surface area contributed by atoms with Crippen molar-refractivity contribution < 1.29 is 5.11 Å². The van der Waals surface area contributed by atoms with Crippen LogP contribution in [0.4, 0.5) is 0 Å². The molecule has 1 atom stereocenters. The van der Waals surface area contributed by atoms with Crippen molar-refractivity contribution in [2.24, 2.45) is 0 Å². The Kier molecular flexibility index (Phi) is 3.98. The third-order valence-electron chi connectivity index (χ3n) is 2.22. The number of aromatic nitrogens is 2. The van der Waals surface area contributed by atoms with Gasteiger partial charge in [0.25, 0.3) is 0 Å². The Morgan fingerprint density at radius 3 is 2.93 bits per heavy atom. The highest BCUT2D eigenvalue weighted by molar-refractivity contribution is 4.97. The molecule has 0 aliphatic rings. The normalized spacial score (nSPS) is 15.1. The second-order valence-corrected chi connectivity index (χ2v) is 3.65. The first-order chi connectivity index (χ1) is 6.64. The van der Waals surface area contributed by atoms with Crippen LogP contribution in [0.1, 0.15) is 26.0 Å². The van der Waals surface area contributed by atoms with Gasteiger partial charge in [0.05, 0.1) is 11.3 Å². The average Bonchev–Trinajstić information content (AvgIpc) is 2.19. The molecule has 1 rings (SSSR count). The van der Waals surface area contributed by atoms with Crippen LogP contribution in [0.5, 0.6) is 0 Å². The lowest BCUT2D eigenvalue weighted by molar-refractivity contribution is 0.0555. The van der Waals surface area contributed by atoms with E-state index in [4.69, 9.17) is 0 Å². The first kappa shape index (κ1) is 11.1. The summed E-state index contributed by atoms with van der Waals surface area (Å²) in [6, 6.07) is 1.85. The van der Waals surface area contributed by atoms with Gasteiger partial charge in [-0.25, -0.2) is 9.97 Å². The molecule has 0 aliphatic heterocycles. The molecular weight excluding hydrogens is 178 g/mol. The summed E-state index contributed by atoms with van der Waals surface area (Å²) in [4.78, 5) is 7.90. The van der Waals surface area contributed by atoms with Crippen LogP contribution >= 0.6 is 0 Å². The maximum atomic E-state index is 9.71. The summed E-state index contributed by atoms with van der Waals surface area (Å²) < 4.78 is 0. The molecule has 0 fully saturated rings. The van der Waals surface area contributed by atoms with Crippen LogP contribution in [-0.2, 0) is 6.54 Å². The van der Waals surface area contributed by atoms with Gasteiger partial charge < -0.3 is 10.4 Å². The highest BCUT2D eigenvalue weighted by atomic mass is 16.3. The van der Waals surface area contributed by atoms with Gasteiger partial charge in [-0.05, 0) is 19.4 Å². The molecular formula is C10H17N3O. The molecule has 0 aliphatic carbocycles. The molecule has 78 valence electrons. The highest BCUT2D eigenvalue weighted by Gasteiger charge is 2.16. The van der Waals surface area contributed by atoms with Crippen molar-refractivity contribution in [3.8, 4) is 0 Å². The minimum absolute atomic E-state index is 0.577. The van der Waals surface area contributed by atoms with E-state index >= 15 is 0 Å². The van der Waals surface area contributed by atoms with E-state index in [0.717, 1.165) is 12.1 Å². The first-order valence-electron chi connectivity index (χ1n) is 4.82. The summed E-state index contributed by atoms with van der Waals surface area (Å²) in [5, 5.41) is 12.9. The van der Waals surface area contributed by atoms with Crippen molar-refractivity contribution in [2.45, 2.75) is 32.4 Å². The van der Waals surface area contributed by atoms with Crippen LogP contribution in [-0.4, -0.2) is 27.2 Å². The summed E-state index contributed by atoms with van der Waals surface area (Å²) in [5.41, 5.74) is 0.305. The maximum absolute atomic E-state index is 9.71. The molecule has 0 radical (unpaired) electrons. The van der Waals surface area contributed by atoms with Gasteiger partial charge in [-0.2, -0.15) is 0 Å². The summed E-state index contributed by atoms with van der Waals surface area (Å²) in [7, 11) is 0. The van der Waals surface area contributed by atoms with E-state index in [1.54, 1.807) is 6.20 Å². The Morgan fingerprint density at radius 2 is 2.36 bits per heavy atom. The van der Waals surface area contributed by atoms with Crippen molar-refractivity contribution in [2.75, 3.05) is 6.54 Å². The molecule has 1 aromatic rings. The van der Waals surface area contributed by atoms with Crippen LogP contribution in [0.15, 0.2) is 18.6 Å². The first-order valence-corrected chi connectivity index (χ1v) is 4.82. The average molecular weight is 195 g/mol. The summed E-state index contributed by atoms with van der Waals surface area (Å²) in [6.45, 7) is 5.03. The Labute approximate surface area is 84.4 Å². The highest BCUT2D eigenvalue weighted by Crippen LogP contribution is 2.06. The maximum Gasteiger partial charge on any atom is 0.115 e. The largest absolute Gasteiger partial charge is 0.389 e. The van der Waals surface area contributed by atoms with E-state index in [9.17, 15) is 5.11 Å². The third-order valence-corrected chi connectivity index (χ3v) is 2.22. The van der Waals surface area contributed by atoms with Gasteiger partial charge in [0.2, 0.25) is 0 Å². The predicted octanol–water partition coefficient (Wildman–Crippen LogP) is 0.727. The third kappa shape index (κ3) is 3.81. The van der Waals surface area contributed by atoms with Crippen LogP contribution in [0.3, 0.4) is 0 Å². The predicted molar refractivity (Wildman–Crippen MR) is 54.7 cm³/mol. The summed E-state index contributed by atoms with van der Waals surface area (Å²) in [6.07, 6.45) is 3.97. The molecule has 1 aromatic heterocycles. The molecule has 0 amide bonds. The second-order valence-electron chi connectivity index (χ2n) is 3.65.